The highest BCUT2D eigenvalue weighted by atomic mass is 35.5. The quantitative estimate of drug-likeness (QED) is 0.777. The maximum absolute atomic E-state index is 12.8. The second-order valence-corrected chi connectivity index (χ2v) is 8.73. The standard InChI is InChI=1S/C23H28ClN5O2/c1-16-7-5-9-20(26-16)27-22(30)17-8-6-12-29(15-17)21-19(24)13-18(14-25-21)23(31)28-10-3-2-4-11-28/h5,7,9,13-14,17H,2-4,6,8,10-12,15H2,1H3,(H,26,27,30). The third kappa shape index (κ3) is 5.15. The largest absolute Gasteiger partial charge is 0.355 e. The maximum atomic E-state index is 12.8. The Balaban J connectivity index is 1.42. The van der Waals surface area contributed by atoms with Crippen LogP contribution in [0.2, 0.25) is 5.02 Å². The van der Waals surface area contributed by atoms with Gasteiger partial charge in [0.25, 0.3) is 5.91 Å². The van der Waals surface area contributed by atoms with Gasteiger partial charge in [-0.1, -0.05) is 17.7 Å². The second-order valence-electron chi connectivity index (χ2n) is 8.32. The lowest BCUT2D eigenvalue weighted by Gasteiger charge is -2.33. The maximum Gasteiger partial charge on any atom is 0.255 e. The Kier molecular flexibility index (Phi) is 6.70. The van der Waals surface area contributed by atoms with Crippen molar-refractivity contribution in [3.05, 3.63) is 46.7 Å². The van der Waals surface area contributed by atoms with Crippen LogP contribution in [-0.4, -0.2) is 52.9 Å². The van der Waals surface area contributed by atoms with Gasteiger partial charge in [-0.3, -0.25) is 9.59 Å². The van der Waals surface area contributed by atoms with Crippen molar-refractivity contribution in [2.24, 2.45) is 5.92 Å². The number of carbonyl (C=O) groups excluding carboxylic acids is 2. The van der Waals surface area contributed by atoms with Crippen molar-refractivity contribution >= 4 is 35.1 Å². The predicted molar refractivity (Wildman–Crippen MR) is 122 cm³/mol. The van der Waals surface area contributed by atoms with Crippen molar-refractivity contribution in [2.75, 3.05) is 36.4 Å². The fourth-order valence-corrected chi connectivity index (χ4v) is 4.57. The zero-order valence-corrected chi connectivity index (χ0v) is 18.6. The molecule has 1 atom stereocenters. The van der Waals surface area contributed by atoms with Crippen LogP contribution in [0.3, 0.4) is 0 Å². The summed E-state index contributed by atoms with van der Waals surface area (Å²) >= 11 is 6.53. The zero-order chi connectivity index (χ0) is 21.8. The van der Waals surface area contributed by atoms with Crippen molar-refractivity contribution in [1.82, 2.24) is 14.9 Å². The van der Waals surface area contributed by atoms with Gasteiger partial charge in [0.15, 0.2) is 0 Å². The Bertz CT molecular complexity index is 961. The third-order valence-corrected chi connectivity index (χ3v) is 6.22. The summed E-state index contributed by atoms with van der Waals surface area (Å²) in [5.74, 6) is 0.962. The van der Waals surface area contributed by atoms with Crippen LogP contribution in [-0.2, 0) is 4.79 Å². The first kappa shape index (κ1) is 21.6. The Morgan fingerprint density at radius 3 is 2.68 bits per heavy atom. The number of pyridine rings is 2. The number of anilines is 2. The number of piperidine rings is 2. The fraction of sp³-hybridized carbons (Fsp3) is 0.478. The number of carbonyl (C=O) groups is 2. The molecule has 7 nitrogen and oxygen atoms in total. The molecular weight excluding hydrogens is 414 g/mol. The molecule has 0 bridgehead atoms. The summed E-state index contributed by atoms with van der Waals surface area (Å²) < 4.78 is 0. The Hall–Kier alpha value is -2.67. The Morgan fingerprint density at radius 1 is 1.13 bits per heavy atom. The van der Waals surface area contributed by atoms with E-state index in [1.807, 2.05) is 28.9 Å². The summed E-state index contributed by atoms with van der Waals surface area (Å²) in [5, 5.41) is 3.37. The first-order valence-corrected chi connectivity index (χ1v) is 11.3. The molecule has 0 aromatic carbocycles. The molecule has 0 spiro atoms. The lowest BCUT2D eigenvalue weighted by Crippen LogP contribution is -2.41. The normalized spacial score (nSPS) is 19.2. The summed E-state index contributed by atoms with van der Waals surface area (Å²) in [6, 6.07) is 7.27. The van der Waals surface area contributed by atoms with E-state index in [4.69, 9.17) is 11.6 Å². The van der Waals surface area contributed by atoms with Gasteiger partial charge in [-0.15, -0.1) is 0 Å². The van der Waals surface area contributed by atoms with Crippen molar-refractivity contribution in [3.63, 3.8) is 0 Å². The van der Waals surface area contributed by atoms with Gasteiger partial charge in [0, 0.05) is 38.1 Å². The molecule has 2 saturated heterocycles. The first-order valence-electron chi connectivity index (χ1n) is 11.0. The van der Waals surface area contributed by atoms with E-state index in [0.29, 0.717) is 28.8 Å². The van der Waals surface area contributed by atoms with Crippen molar-refractivity contribution < 1.29 is 9.59 Å². The van der Waals surface area contributed by atoms with Crippen LogP contribution in [0.5, 0.6) is 0 Å². The SMILES string of the molecule is Cc1cccc(NC(=O)C2CCCN(c3ncc(C(=O)N4CCCCC4)cc3Cl)C2)n1. The summed E-state index contributed by atoms with van der Waals surface area (Å²) in [4.78, 5) is 38.3. The monoisotopic (exact) mass is 441 g/mol. The van der Waals surface area contributed by atoms with Crippen LogP contribution in [0, 0.1) is 12.8 Å². The van der Waals surface area contributed by atoms with Gasteiger partial charge < -0.3 is 15.1 Å². The van der Waals surface area contributed by atoms with E-state index in [1.165, 1.54) is 6.42 Å². The summed E-state index contributed by atoms with van der Waals surface area (Å²) in [5.41, 5.74) is 1.38. The number of halogens is 1. The van der Waals surface area contributed by atoms with Crippen LogP contribution in [0.4, 0.5) is 11.6 Å². The van der Waals surface area contributed by atoms with Gasteiger partial charge in [-0.2, -0.15) is 0 Å². The van der Waals surface area contributed by atoms with Crippen LogP contribution in [0.15, 0.2) is 30.5 Å². The van der Waals surface area contributed by atoms with E-state index in [-0.39, 0.29) is 17.7 Å². The molecule has 2 aliphatic rings. The molecule has 4 heterocycles. The topological polar surface area (TPSA) is 78.4 Å². The predicted octanol–water partition coefficient (Wildman–Crippen LogP) is 3.92. The van der Waals surface area contributed by atoms with E-state index in [2.05, 4.69) is 15.3 Å². The molecular formula is C23H28ClN5O2. The number of likely N-dealkylation sites (tertiary alicyclic amines) is 1. The minimum absolute atomic E-state index is 0.0118. The van der Waals surface area contributed by atoms with Crippen molar-refractivity contribution in [3.8, 4) is 0 Å². The number of aromatic nitrogens is 2. The van der Waals surface area contributed by atoms with Crippen LogP contribution < -0.4 is 10.2 Å². The Labute approximate surface area is 187 Å². The molecule has 1 N–H and O–H groups in total. The molecule has 4 rings (SSSR count). The number of nitrogens with zero attached hydrogens (tertiary/aromatic N) is 4. The molecule has 2 aromatic heterocycles. The second kappa shape index (κ2) is 9.64. The molecule has 0 aliphatic carbocycles. The van der Waals surface area contributed by atoms with E-state index < -0.39 is 0 Å². The molecule has 1 unspecified atom stereocenters. The number of hydrogen-bond donors (Lipinski definition) is 1. The minimum Gasteiger partial charge on any atom is -0.355 e. The van der Waals surface area contributed by atoms with Crippen LogP contribution in [0.25, 0.3) is 0 Å². The molecule has 2 fully saturated rings. The summed E-state index contributed by atoms with van der Waals surface area (Å²) in [6.45, 7) is 4.78. The third-order valence-electron chi connectivity index (χ3n) is 5.94. The lowest BCUT2D eigenvalue weighted by molar-refractivity contribution is -0.120. The average Bonchev–Trinajstić information content (AvgIpc) is 2.79. The van der Waals surface area contributed by atoms with E-state index in [9.17, 15) is 9.59 Å². The number of aryl methyl sites for hydroxylation is 1. The zero-order valence-electron chi connectivity index (χ0n) is 17.8. The smallest absolute Gasteiger partial charge is 0.255 e. The molecule has 31 heavy (non-hydrogen) atoms. The molecule has 8 heteroatoms. The highest BCUT2D eigenvalue weighted by Crippen LogP contribution is 2.29. The van der Waals surface area contributed by atoms with E-state index in [0.717, 1.165) is 51.0 Å². The molecule has 164 valence electrons. The molecule has 2 amide bonds. The summed E-state index contributed by atoms with van der Waals surface area (Å²) in [6.07, 6.45) is 6.54. The molecule has 2 aromatic rings. The number of rotatable bonds is 4. The van der Waals surface area contributed by atoms with Crippen molar-refractivity contribution in [1.29, 1.82) is 0 Å². The highest BCUT2D eigenvalue weighted by molar-refractivity contribution is 6.33. The van der Waals surface area contributed by atoms with Crippen LogP contribution >= 0.6 is 11.6 Å². The first-order chi connectivity index (χ1) is 15.0. The number of nitrogens with one attached hydrogen (secondary N) is 1. The van der Waals surface area contributed by atoms with Gasteiger partial charge >= 0.3 is 0 Å². The van der Waals surface area contributed by atoms with Gasteiger partial charge in [-0.25, -0.2) is 9.97 Å². The fourth-order valence-electron chi connectivity index (χ4n) is 4.28. The Morgan fingerprint density at radius 2 is 1.94 bits per heavy atom. The summed E-state index contributed by atoms with van der Waals surface area (Å²) in [7, 11) is 0. The highest BCUT2D eigenvalue weighted by Gasteiger charge is 2.28. The number of hydrogen-bond acceptors (Lipinski definition) is 5. The number of amides is 2. The van der Waals surface area contributed by atoms with Gasteiger partial charge in [0.05, 0.1) is 16.5 Å². The molecule has 0 radical (unpaired) electrons. The van der Waals surface area contributed by atoms with E-state index in [1.54, 1.807) is 18.3 Å². The average molecular weight is 442 g/mol. The molecule has 0 saturated carbocycles. The lowest BCUT2D eigenvalue weighted by atomic mass is 9.97. The minimum atomic E-state index is -0.177. The van der Waals surface area contributed by atoms with Gasteiger partial charge in [0.2, 0.25) is 5.91 Å². The van der Waals surface area contributed by atoms with Crippen molar-refractivity contribution in [2.45, 2.75) is 39.0 Å². The van der Waals surface area contributed by atoms with E-state index >= 15 is 0 Å². The van der Waals surface area contributed by atoms with Gasteiger partial charge in [-0.05, 0) is 57.2 Å². The molecule has 2 aliphatic heterocycles. The van der Waals surface area contributed by atoms with Crippen LogP contribution in [0.1, 0.15) is 48.2 Å². The van der Waals surface area contributed by atoms with Gasteiger partial charge in [0.1, 0.15) is 11.6 Å².